The Kier molecular flexibility index (Phi) is 1.92. The number of phenolic OH excluding ortho intramolecular Hbond substituents is 1. The quantitative estimate of drug-likeness (QED) is 0.683. The molecule has 0 aromatic heterocycles. The van der Waals surface area contributed by atoms with E-state index in [4.69, 9.17) is 4.84 Å². The second-order valence-electron chi connectivity index (χ2n) is 2.65. The van der Waals surface area contributed by atoms with Gasteiger partial charge in [-0.15, -0.1) is 0 Å². The number of hydroxylamine groups is 1. The number of phenols is 1. The lowest BCUT2D eigenvalue weighted by atomic mass is 10.1. The van der Waals surface area contributed by atoms with Crippen LogP contribution < -0.4 is 5.48 Å². The largest absolute Gasteiger partial charge is 0.507 e. The Morgan fingerprint density at radius 1 is 1.23 bits per heavy atom. The predicted molar refractivity (Wildman–Crippen MR) is 49.4 cm³/mol. The molecular formula is C10H9NO2. The molecule has 2 rings (SSSR count). The van der Waals surface area contributed by atoms with Crippen LogP contribution in [0.4, 0.5) is 0 Å². The van der Waals surface area contributed by atoms with Gasteiger partial charge < -0.3 is 9.94 Å². The van der Waals surface area contributed by atoms with Gasteiger partial charge in [0, 0.05) is 5.56 Å². The van der Waals surface area contributed by atoms with E-state index in [-0.39, 0.29) is 5.75 Å². The Morgan fingerprint density at radius 2 is 2.08 bits per heavy atom. The van der Waals surface area contributed by atoms with E-state index in [1.54, 1.807) is 18.2 Å². The van der Waals surface area contributed by atoms with E-state index in [0.717, 1.165) is 11.3 Å². The van der Waals surface area contributed by atoms with Crippen molar-refractivity contribution >= 4 is 5.70 Å². The van der Waals surface area contributed by atoms with Crippen LogP contribution in [0.1, 0.15) is 5.56 Å². The highest BCUT2D eigenvalue weighted by atomic mass is 16.6. The van der Waals surface area contributed by atoms with Gasteiger partial charge in [-0.25, -0.2) is 5.48 Å². The zero-order valence-corrected chi connectivity index (χ0v) is 6.90. The maximum atomic E-state index is 9.50. The van der Waals surface area contributed by atoms with Crippen LogP contribution in [-0.4, -0.2) is 5.11 Å². The molecule has 3 heteroatoms. The number of rotatable bonds is 1. The fourth-order valence-corrected chi connectivity index (χ4v) is 1.15. The summed E-state index contributed by atoms with van der Waals surface area (Å²) in [6.45, 7) is 0. The Hall–Kier alpha value is -1.90. The summed E-state index contributed by atoms with van der Waals surface area (Å²) in [5.74, 6) is 0.236. The maximum Gasteiger partial charge on any atom is 0.124 e. The molecule has 0 amide bonds. The summed E-state index contributed by atoms with van der Waals surface area (Å²) in [7, 11) is 0. The molecule has 1 aromatic carbocycles. The van der Waals surface area contributed by atoms with Crippen LogP contribution in [0.25, 0.3) is 5.70 Å². The highest BCUT2D eigenvalue weighted by molar-refractivity contribution is 5.69. The molecule has 1 aromatic rings. The molecule has 0 saturated carbocycles. The molecule has 66 valence electrons. The third-order valence-electron chi connectivity index (χ3n) is 1.77. The Morgan fingerprint density at radius 3 is 2.77 bits per heavy atom. The van der Waals surface area contributed by atoms with Crippen molar-refractivity contribution < 1.29 is 9.94 Å². The van der Waals surface area contributed by atoms with Crippen LogP contribution in [0.3, 0.4) is 0 Å². The molecule has 0 saturated heterocycles. The number of aromatic hydroxyl groups is 1. The first-order valence-corrected chi connectivity index (χ1v) is 3.95. The van der Waals surface area contributed by atoms with Crippen LogP contribution in [-0.2, 0) is 4.84 Å². The van der Waals surface area contributed by atoms with Crippen molar-refractivity contribution in [2.75, 3.05) is 0 Å². The first-order chi connectivity index (χ1) is 6.38. The molecule has 0 fully saturated rings. The molecule has 3 nitrogen and oxygen atoms in total. The molecule has 2 N–H and O–H groups in total. The van der Waals surface area contributed by atoms with Crippen molar-refractivity contribution in [3.8, 4) is 5.75 Å². The number of benzene rings is 1. The molecule has 13 heavy (non-hydrogen) atoms. The molecule has 0 unspecified atom stereocenters. The smallest absolute Gasteiger partial charge is 0.124 e. The highest BCUT2D eigenvalue weighted by Gasteiger charge is 2.06. The molecule has 0 radical (unpaired) electrons. The minimum atomic E-state index is 0.236. The number of allylic oxidation sites excluding steroid dienone is 2. The number of hydrogen-bond acceptors (Lipinski definition) is 3. The summed E-state index contributed by atoms with van der Waals surface area (Å²) in [6, 6.07) is 7.08. The monoisotopic (exact) mass is 175 g/mol. The van der Waals surface area contributed by atoms with Gasteiger partial charge in [0.1, 0.15) is 12.0 Å². The number of hydrogen-bond donors (Lipinski definition) is 2. The second kappa shape index (κ2) is 3.23. The normalized spacial score (nSPS) is 14.3. The summed E-state index contributed by atoms with van der Waals surface area (Å²) >= 11 is 0. The lowest BCUT2D eigenvalue weighted by Crippen LogP contribution is -2.11. The van der Waals surface area contributed by atoms with Crippen molar-refractivity contribution in [1.29, 1.82) is 0 Å². The van der Waals surface area contributed by atoms with Gasteiger partial charge in [0.15, 0.2) is 0 Å². The van der Waals surface area contributed by atoms with Crippen molar-refractivity contribution in [1.82, 2.24) is 5.48 Å². The Bertz CT molecular complexity index is 369. The first kappa shape index (κ1) is 7.73. The topological polar surface area (TPSA) is 41.5 Å². The van der Waals surface area contributed by atoms with Gasteiger partial charge in [0.25, 0.3) is 0 Å². The van der Waals surface area contributed by atoms with Gasteiger partial charge in [-0.3, -0.25) is 0 Å². The van der Waals surface area contributed by atoms with Gasteiger partial charge in [0.2, 0.25) is 0 Å². The fourth-order valence-electron chi connectivity index (χ4n) is 1.15. The Balaban J connectivity index is 2.40. The minimum absolute atomic E-state index is 0.236. The zero-order chi connectivity index (χ0) is 9.10. The summed E-state index contributed by atoms with van der Waals surface area (Å²) in [6.07, 6.45) is 5.13. The van der Waals surface area contributed by atoms with Gasteiger partial charge in [-0.2, -0.15) is 0 Å². The number of para-hydroxylation sites is 1. The van der Waals surface area contributed by atoms with Crippen molar-refractivity contribution in [3.05, 3.63) is 48.2 Å². The van der Waals surface area contributed by atoms with Crippen molar-refractivity contribution in [2.45, 2.75) is 0 Å². The molecular weight excluding hydrogens is 166 g/mol. The zero-order valence-electron chi connectivity index (χ0n) is 6.90. The molecule has 1 heterocycles. The van der Waals surface area contributed by atoms with Crippen molar-refractivity contribution in [2.24, 2.45) is 0 Å². The van der Waals surface area contributed by atoms with Gasteiger partial charge >= 0.3 is 0 Å². The molecule has 1 aliphatic rings. The summed E-state index contributed by atoms with van der Waals surface area (Å²) in [4.78, 5) is 4.88. The van der Waals surface area contributed by atoms with Crippen LogP contribution in [0, 0.1) is 0 Å². The van der Waals surface area contributed by atoms with E-state index >= 15 is 0 Å². The van der Waals surface area contributed by atoms with Crippen LogP contribution >= 0.6 is 0 Å². The van der Waals surface area contributed by atoms with E-state index in [9.17, 15) is 5.11 Å². The van der Waals surface area contributed by atoms with Gasteiger partial charge in [0.05, 0.1) is 5.70 Å². The Labute approximate surface area is 75.9 Å². The van der Waals surface area contributed by atoms with Crippen LogP contribution in [0.2, 0.25) is 0 Å². The van der Waals surface area contributed by atoms with Gasteiger partial charge in [-0.05, 0) is 24.3 Å². The van der Waals surface area contributed by atoms with E-state index in [1.165, 1.54) is 6.26 Å². The molecule has 0 spiro atoms. The second-order valence-corrected chi connectivity index (χ2v) is 2.65. The standard InChI is InChI=1S/C10H9NO2/c12-10-6-2-1-4-8(10)9-5-3-7-13-11-9/h1-7,11-12H. The molecule has 0 aliphatic carbocycles. The minimum Gasteiger partial charge on any atom is -0.507 e. The van der Waals surface area contributed by atoms with Crippen LogP contribution in [0.15, 0.2) is 42.7 Å². The molecule has 1 aliphatic heterocycles. The third-order valence-corrected chi connectivity index (χ3v) is 1.77. The van der Waals surface area contributed by atoms with E-state index in [1.807, 2.05) is 18.2 Å². The third kappa shape index (κ3) is 1.49. The molecule has 0 atom stereocenters. The predicted octanol–water partition coefficient (Wildman–Crippen LogP) is 1.78. The highest BCUT2D eigenvalue weighted by Crippen LogP contribution is 2.23. The average Bonchev–Trinajstić information content (AvgIpc) is 2.20. The average molecular weight is 175 g/mol. The first-order valence-electron chi connectivity index (χ1n) is 3.95. The summed E-state index contributed by atoms with van der Waals surface area (Å²) < 4.78 is 0. The van der Waals surface area contributed by atoms with Gasteiger partial charge in [-0.1, -0.05) is 12.1 Å². The number of nitrogens with one attached hydrogen (secondary N) is 1. The summed E-state index contributed by atoms with van der Waals surface area (Å²) in [5, 5.41) is 9.50. The lowest BCUT2D eigenvalue weighted by Gasteiger charge is -2.12. The lowest BCUT2D eigenvalue weighted by molar-refractivity contribution is 0.181. The summed E-state index contributed by atoms with van der Waals surface area (Å²) in [5.41, 5.74) is 4.17. The van der Waals surface area contributed by atoms with E-state index < -0.39 is 0 Å². The fraction of sp³-hybridized carbons (Fsp3) is 0. The van der Waals surface area contributed by atoms with E-state index in [0.29, 0.717) is 0 Å². The SMILES string of the molecule is Oc1ccccc1C1=CC=CON1. The van der Waals surface area contributed by atoms with Crippen molar-refractivity contribution in [3.63, 3.8) is 0 Å². The van der Waals surface area contributed by atoms with Crippen LogP contribution in [0.5, 0.6) is 5.75 Å². The maximum absolute atomic E-state index is 9.50. The molecule has 0 bridgehead atoms. The van der Waals surface area contributed by atoms with E-state index in [2.05, 4.69) is 5.48 Å².